The number of nitrogens with one attached hydrogen (secondary N) is 2. The smallest absolute Gasteiger partial charge is 0.308 e. The number of unbranched alkanes of at least 4 members (excludes halogenated alkanes) is 7. The Kier molecular flexibility index (Phi) is 12.4. The number of hydrogen-bond donors (Lipinski definition) is 2. The van der Waals surface area contributed by atoms with Gasteiger partial charge in [0.25, 0.3) is 0 Å². The van der Waals surface area contributed by atoms with Gasteiger partial charge in [-0.1, -0.05) is 98.1 Å². The van der Waals surface area contributed by atoms with Crippen molar-refractivity contribution >= 4 is 33.7 Å². The minimum absolute atomic E-state index is 0.136. The third kappa shape index (κ3) is 10.6. The van der Waals surface area contributed by atoms with E-state index >= 15 is 0 Å². The average Bonchev–Trinajstić information content (AvgIpc) is 2.76. The Balaban J connectivity index is 1.52. The molecule has 2 amide bonds. The van der Waals surface area contributed by atoms with Gasteiger partial charge < -0.3 is 15.4 Å². The molecule has 0 spiro atoms. The molecule has 1 unspecified atom stereocenters. The predicted octanol–water partition coefficient (Wildman–Crippen LogP) is 4.44. The Morgan fingerprint density at radius 3 is 2.12 bits per heavy atom. The molecule has 6 nitrogen and oxygen atoms in total. The van der Waals surface area contributed by atoms with Crippen molar-refractivity contribution in [3.8, 4) is 0 Å². The van der Waals surface area contributed by atoms with Gasteiger partial charge in [-0.3, -0.25) is 14.4 Å². The molecule has 178 valence electrons. The van der Waals surface area contributed by atoms with Crippen LogP contribution in [0, 0.1) is 0 Å². The molecular weight excluding hydrogens is 472 g/mol. The molecule has 0 aliphatic carbocycles. The first kappa shape index (κ1) is 26.4. The SMILES string of the molecule is CC(Br)CCCCCCCCCCOC(=O)C[C@@H]1NC(=O)[C@H](Cc2ccccc2)NC1=O. The van der Waals surface area contributed by atoms with Gasteiger partial charge in [0, 0.05) is 11.2 Å². The number of halogens is 1. The lowest BCUT2D eigenvalue weighted by molar-refractivity contribution is -0.147. The van der Waals surface area contributed by atoms with Gasteiger partial charge in [0.1, 0.15) is 12.1 Å². The van der Waals surface area contributed by atoms with Gasteiger partial charge in [-0.15, -0.1) is 0 Å². The zero-order valence-electron chi connectivity index (χ0n) is 19.1. The Morgan fingerprint density at radius 1 is 0.906 bits per heavy atom. The molecule has 1 saturated heterocycles. The Labute approximate surface area is 200 Å². The largest absolute Gasteiger partial charge is 0.466 e. The Bertz CT molecular complexity index is 711. The van der Waals surface area contributed by atoms with Crippen LogP contribution in [0.4, 0.5) is 0 Å². The van der Waals surface area contributed by atoms with E-state index in [2.05, 4.69) is 33.5 Å². The van der Waals surface area contributed by atoms with E-state index in [0.717, 1.165) is 24.8 Å². The highest BCUT2D eigenvalue weighted by Crippen LogP contribution is 2.14. The Morgan fingerprint density at radius 2 is 1.47 bits per heavy atom. The molecule has 1 aromatic rings. The highest BCUT2D eigenvalue weighted by Gasteiger charge is 2.35. The number of carbonyl (C=O) groups is 3. The second-order valence-electron chi connectivity index (χ2n) is 8.63. The van der Waals surface area contributed by atoms with Crippen LogP contribution in [0.1, 0.15) is 76.7 Å². The summed E-state index contributed by atoms with van der Waals surface area (Å²) in [5, 5.41) is 5.38. The summed E-state index contributed by atoms with van der Waals surface area (Å²) in [5.41, 5.74) is 0.968. The van der Waals surface area contributed by atoms with Crippen molar-refractivity contribution in [2.24, 2.45) is 0 Å². The summed E-state index contributed by atoms with van der Waals surface area (Å²) in [5.74, 6) is -1.06. The molecule has 1 aliphatic rings. The predicted molar refractivity (Wildman–Crippen MR) is 130 cm³/mol. The number of carbonyl (C=O) groups excluding carboxylic acids is 3. The molecule has 2 rings (SSSR count). The summed E-state index contributed by atoms with van der Waals surface area (Å²) >= 11 is 3.58. The van der Waals surface area contributed by atoms with Crippen LogP contribution in [0.5, 0.6) is 0 Å². The van der Waals surface area contributed by atoms with Crippen molar-refractivity contribution in [1.29, 1.82) is 0 Å². The van der Waals surface area contributed by atoms with Crippen molar-refractivity contribution in [2.75, 3.05) is 6.61 Å². The van der Waals surface area contributed by atoms with Gasteiger partial charge in [-0.25, -0.2) is 0 Å². The number of hydrogen-bond acceptors (Lipinski definition) is 4. The molecular formula is C25H37BrN2O4. The molecule has 0 aromatic heterocycles. The van der Waals surface area contributed by atoms with Gasteiger partial charge >= 0.3 is 5.97 Å². The van der Waals surface area contributed by atoms with Crippen LogP contribution in [0.3, 0.4) is 0 Å². The van der Waals surface area contributed by atoms with Crippen LogP contribution in [0.15, 0.2) is 30.3 Å². The minimum atomic E-state index is -0.866. The first-order valence-electron chi connectivity index (χ1n) is 11.9. The number of benzene rings is 1. The second kappa shape index (κ2) is 15.0. The minimum Gasteiger partial charge on any atom is -0.466 e. The summed E-state index contributed by atoms with van der Waals surface area (Å²) in [6.45, 7) is 2.55. The average molecular weight is 509 g/mol. The lowest BCUT2D eigenvalue weighted by Gasteiger charge is -2.29. The molecule has 0 bridgehead atoms. The first-order valence-corrected chi connectivity index (χ1v) is 12.8. The molecule has 1 aliphatic heterocycles. The van der Waals surface area contributed by atoms with Crippen molar-refractivity contribution in [1.82, 2.24) is 10.6 Å². The molecule has 1 fully saturated rings. The maximum Gasteiger partial charge on any atom is 0.308 e. The van der Waals surface area contributed by atoms with Crippen LogP contribution in [0.2, 0.25) is 0 Å². The van der Waals surface area contributed by atoms with Gasteiger partial charge in [-0.2, -0.15) is 0 Å². The zero-order chi connectivity index (χ0) is 23.2. The monoisotopic (exact) mass is 508 g/mol. The van der Waals surface area contributed by atoms with Crippen molar-refractivity contribution in [3.63, 3.8) is 0 Å². The lowest BCUT2D eigenvalue weighted by atomic mass is 10.0. The van der Waals surface area contributed by atoms with E-state index in [0.29, 0.717) is 17.9 Å². The molecule has 0 saturated carbocycles. The highest BCUT2D eigenvalue weighted by atomic mass is 79.9. The summed E-state index contributed by atoms with van der Waals surface area (Å²) < 4.78 is 5.26. The fourth-order valence-corrected chi connectivity index (χ4v) is 4.14. The standard InChI is InChI=1S/C25H37BrN2O4/c1-19(26)13-9-6-4-2-3-5-7-12-16-32-23(29)18-22-25(31)27-21(24(30)28-22)17-20-14-10-8-11-15-20/h8,10-11,14-15,19,21-22H,2-7,9,12-13,16-18H2,1H3,(H,27,31)(H,28,30)/t19?,21-,22-/m0/s1. The molecule has 3 atom stereocenters. The quantitative estimate of drug-likeness (QED) is 0.208. The summed E-state index contributed by atoms with van der Waals surface area (Å²) in [6.07, 6.45) is 10.9. The molecule has 1 aromatic carbocycles. The fourth-order valence-electron chi connectivity index (χ4n) is 3.81. The van der Waals surface area contributed by atoms with Crippen LogP contribution in [-0.2, 0) is 25.5 Å². The summed E-state index contributed by atoms with van der Waals surface area (Å²) in [4.78, 5) is 37.3. The van der Waals surface area contributed by atoms with Crippen LogP contribution >= 0.6 is 15.9 Å². The number of alkyl halides is 1. The maximum atomic E-state index is 12.3. The fraction of sp³-hybridized carbons (Fsp3) is 0.640. The van der Waals surface area contributed by atoms with E-state index in [1.165, 1.54) is 38.5 Å². The number of amides is 2. The molecule has 7 heteroatoms. The number of ether oxygens (including phenoxy) is 1. The normalized spacial score (nSPS) is 19.2. The molecule has 0 radical (unpaired) electrons. The number of esters is 1. The first-order chi connectivity index (χ1) is 15.5. The third-order valence-electron chi connectivity index (χ3n) is 5.68. The zero-order valence-corrected chi connectivity index (χ0v) is 20.7. The number of rotatable bonds is 15. The van der Waals surface area contributed by atoms with E-state index in [1.807, 2.05) is 30.3 Å². The lowest BCUT2D eigenvalue weighted by Crippen LogP contribution is -2.62. The van der Waals surface area contributed by atoms with Crippen molar-refractivity contribution < 1.29 is 19.1 Å². The molecule has 2 N–H and O–H groups in total. The topological polar surface area (TPSA) is 84.5 Å². The van der Waals surface area contributed by atoms with Crippen LogP contribution < -0.4 is 10.6 Å². The van der Waals surface area contributed by atoms with Gasteiger partial charge in [-0.05, 0) is 18.4 Å². The molecule has 1 heterocycles. The number of piperazine rings is 1. The second-order valence-corrected chi connectivity index (χ2v) is 10.2. The van der Waals surface area contributed by atoms with E-state index < -0.39 is 18.1 Å². The van der Waals surface area contributed by atoms with E-state index in [-0.39, 0.29) is 18.2 Å². The van der Waals surface area contributed by atoms with Gasteiger partial charge in [0.2, 0.25) is 11.8 Å². The summed E-state index contributed by atoms with van der Waals surface area (Å²) in [7, 11) is 0. The summed E-state index contributed by atoms with van der Waals surface area (Å²) in [6, 6.07) is 8.03. The Hall–Kier alpha value is -1.89. The third-order valence-corrected chi connectivity index (χ3v) is 6.14. The van der Waals surface area contributed by atoms with Crippen LogP contribution in [0.25, 0.3) is 0 Å². The van der Waals surface area contributed by atoms with Crippen molar-refractivity contribution in [3.05, 3.63) is 35.9 Å². The van der Waals surface area contributed by atoms with Gasteiger partial charge in [0.15, 0.2) is 0 Å². The van der Waals surface area contributed by atoms with E-state index in [1.54, 1.807) is 0 Å². The van der Waals surface area contributed by atoms with E-state index in [9.17, 15) is 14.4 Å². The van der Waals surface area contributed by atoms with E-state index in [4.69, 9.17) is 4.74 Å². The van der Waals surface area contributed by atoms with Gasteiger partial charge in [0.05, 0.1) is 13.0 Å². The van der Waals surface area contributed by atoms with Crippen molar-refractivity contribution in [2.45, 2.75) is 94.5 Å². The molecule has 32 heavy (non-hydrogen) atoms. The maximum absolute atomic E-state index is 12.3. The van der Waals surface area contributed by atoms with Crippen LogP contribution in [-0.4, -0.2) is 41.3 Å². The highest BCUT2D eigenvalue weighted by molar-refractivity contribution is 9.09.